The Morgan fingerprint density at radius 3 is 2.88 bits per heavy atom. The van der Waals surface area contributed by atoms with Crippen molar-refractivity contribution >= 4 is 5.78 Å². The Labute approximate surface area is 93.9 Å². The molecule has 2 atom stereocenters. The van der Waals surface area contributed by atoms with E-state index in [4.69, 9.17) is 10.00 Å². The maximum atomic E-state index is 12.0. The van der Waals surface area contributed by atoms with Crippen LogP contribution in [0.4, 0.5) is 0 Å². The summed E-state index contributed by atoms with van der Waals surface area (Å²) < 4.78 is 5.30. The van der Waals surface area contributed by atoms with Crippen molar-refractivity contribution in [2.75, 3.05) is 6.61 Å². The molecule has 1 aromatic rings. The van der Waals surface area contributed by atoms with Gasteiger partial charge in [0.2, 0.25) is 0 Å². The van der Waals surface area contributed by atoms with Crippen molar-refractivity contribution in [3.05, 3.63) is 30.1 Å². The van der Waals surface area contributed by atoms with Crippen LogP contribution in [0.15, 0.2) is 24.5 Å². The van der Waals surface area contributed by atoms with Crippen molar-refractivity contribution in [1.82, 2.24) is 4.98 Å². The molecule has 16 heavy (non-hydrogen) atoms. The van der Waals surface area contributed by atoms with Gasteiger partial charge < -0.3 is 4.74 Å². The van der Waals surface area contributed by atoms with Gasteiger partial charge >= 0.3 is 0 Å². The summed E-state index contributed by atoms with van der Waals surface area (Å²) in [7, 11) is 0. The maximum Gasteiger partial charge on any atom is 0.183 e. The molecule has 4 heteroatoms. The summed E-state index contributed by atoms with van der Waals surface area (Å²) in [5.41, 5.74) is 0.693. The second-order valence-corrected chi connectivity index (χ2v) is 3.75. The fourth-order valence-corrected chi connectivity index (χ4v) is 1.85. The highest BCUT2D eigenvalue weighted by Gasteiger charge is 2.31. The molecule has 0 bridgehead atoms. The van der Waals surface area contributed by atoms with E-state index in [0.717, 1.165) is 12.8 Å². The molecule has 1 aliphatic heterocycles. The standard InChI is InChI=1S/C12H12N2O2/c13-8-10(9-3-5-14-6-4-9)12(15)11-2-1-7-16-11/h3-6,10-11H,1-2,7H2. The molecule has 0 N–H and O–H groups in total. The molecule has 2 rings (SSSR count). The molecule has 1 aliphatic rings. The predicted molar refractivity (Wildman–Crippen MR) is 56.6 cm³/mol. The molecule has 0 saturated carbocycles. The van der Waals surface area contributed by atoms with E-state index in [1.807, 2.05) is 6.07 Å². The van der Waals surface area contributed by atoms with Crippen molar-refractivity contribution in [3.8, 4) is 6.07 Å². The van der Waals surface area contributed by atoms with Crippen molar-refractivity contribution in [2.45, 2.75) is 24.9 Å². The van der Waals surface area contributed by atoms with E-state index in [0.29, 0.717) is 12.2 Å². The molecule has 1 aromatic heterocycles. The normalized spacial score (nSPS) is 21.3. The van der Waals surface area contributed by atoms with E-state index in [2.05, 4.69) is 4.98 Å². The lowest BCUT2D eigenvalue weighted by Crippen LogP contribution is -2.25. The van der Waals surface area contributed by atoms with E-state index >= 15 is 0 Å². The topological polar surface area (TPSA) is 63.0 Å². The van der Waals surface area contributed by atoms with E-state index in [9.17, 15) is 4.79 Å². The van der Waals surface area contributed by atoms with Crippen molar-refractivity contribution in [2.24, 2.45) is 0 Å². The van der Waals surface area contributed by atoms with E-state index in [-0.39, 0.29) is 5.78 Å². The SMILES string of the molecule is N#CC(C(=O)C1CCCO1)c1ccncc1. The van der Waals surface area contributed by atoms with Crippen LogP contribution < -0.4 is 0 Å². The maximum absolute atomic E-state index is 12.0. The fourth-order valence-electron chi connectivity index (χ4n) is 1.85. The van der Waals surface area contributed by atoms with Crippen LogP contribution in [0, 0.1) is 11.3 Å². The Morgan fingerprint density at radius 1 is 1.56 bits per heavy atom. The van der Waals surface area contributed by atoms with Gasteiger partial charge in [0.05, 0.1) is 6.07 Å². The number of nitriles is 1. The van der Waals surface area contributed by atoms with Crippen molar-refractivity contribution < 1.29 is 9.53 Å². The highest BCUT2D eigenvalue weighted by Crippen LogP contribution is 2.22. The Balaban J connectivity index is 2.17. The molecule has 0 amide bonds. The third-order valence-electron chi connectivity index (χ3n) is 2.70. The summed E-state index contributed by atoms with van der Waals surface area (Å²) in [5, 5.41) is 9.06. The van der Waals surface area contributed by atoms with Crippen LogP contribution in [0.1, 0.15) is 24.3 Å². The lowest BCUT2D eigenvalue weighted by molar-refractivity contribution is -0.128. The average Bonchev–Trinajstić information content (AvgIpc) is 2.85. The van der Waals surface area contributed by atoms with E-state index < -0.39 is 12.0 Å². The Bertz CT molecular complexity index is 405. The second-order valence-electron chi connectivity index (χ2n) is 3.75. The minimum Gasteiger partial charge on any atom is -0.370 e. The van der Waals surface area contributed by atoms with Gasteiger partial charge in [0.15, 0.2) is 5.78 Å². The summed E-state index contributed by atoms with van der Waals surface area (Å²) in [5.74, 6) is -0.864. The summed E-state index contributed by atoms with van der Waals surface area (Å²) >= 11 is 0. The van der Waals surface area contributed by atoms with Gasteiger partial charge in [-0.15, -0.1) is 0 Å². The van der Waals surface area contributed by atoms with Gasteiger partial charge in [-0.1, -0.05) is 0 Å². The van der Waals surface area contributed by atoms with Crippen LogP contribution in [0.5, 0.6) is 0 Å². The number of pyridine rings is 1. The molecule has 0 aromatic carbocycles. The number of ether oxygens (including phenoxy) is 1. The highest BCUT2D eigenvalue weighted by molar-refractivity contribution is 5.92. The Morgan fingerprint density at radius 2 is 2.31 bits per heavy atom. The van der Waals surface area contributed by atoms with Crippen molar-refractivity contribution in [3.63, 3.8) is 0 Å². The first kappa shape index (κ1) is 10.8. The number of ketones is 1. The summed E-state index contributed by atoms with van der Waals surface area (Å²) in [6.07, 6.45) is 4.38. The largest absolute Gasteiger partial charge is 0.370 e. The third-order valence-corrected chi connectivity index (χ3v) is 2.70. The quantitative estimate of drug-likeness (QED) is 0.766. The molecule has 0 radical (unpaired) electrons. The first-order valence-corrected chi connectivity index (χ1v) is 5.28. The van der Waals surface area contributed by atoms with Gasteiger partial charge in [-0.3, -0.25) is 9.78 Å². The number of carbonyl (C=O) groups is 1. The highest BCUT2D eigenvalue weighted by atomic mass is 16.5. The first-order chi connectivity index (χ1) is 7.83. The number of hydrogen-bond donors (Lipinski definition) is 0. The molecule has 2 heterocycles. The van der Waals surface area contributed by atoms with E-state index in [1.54, 1.807) is 24.5 Å². The van der Waals surface area contributed by atoms with Gasteiger partial charge in [0.25, 0.3) is 0 Å². The van der Waals surface area contributed by atoms with Gasteiger partial charge in [0.1, 0.15) is 12.0 Å². The minimum absolute atomic E-state index is 0.133. The molecule has 1 fully saturated rings. The number of Topliss-reactive ketones (excluding diaryl/α,β-unsaturated/α-hetero) is 1. The van der Waals surface area contributed by atoms with Crippen LogP contribution in [-0.2, 0) is 9.53 Å². The molecule has 2 unspecified atom stereocenters. The summed E-state index contributed by atoms with van der Waals surface area (Å²) in [6.45, 7) is 0.616. The van der Waals surface area contributed by atoms with Crippen molar-refractivity contribution in [1.29, 1.82) is 5.26 Å². The van der Waals surface area contributed by atoms with Gasteiger partial charge in [0, 0.05) is 19.0 Å². The number of carbonyl (C=O) groups excluding carboxylic acids is 1. The Hall–Kier alpha value is -1.73. The lowest BCUT2D eigenvalue weighted by atomic mass is 9.93. The average molecular weight is 216 g/mol. The van der Waals surface area contributed by atoms with Crippen LogP contribution in [0.2, 0.25) is 0 Å². The zero-order valence-electron chi connectivity index (χ0n) is 8.80. The predicted octanol–water partition coefficient (Wildman–Crippen LogP) is 1.44. The fraction of sp³-hybridized carbons (Fsp3) is 0.417. The second kappa shape index (κ2) is 4.86. The first-order valence-electron chi connectivity index (χ1n) is 5.28. The molecular weight excluding hydrogens is 204 g/mol. The number of rotatable bonds is 3. The van der Waals surface area contributed by atoms with Gasteiger partial charge in [-0.05, 0) is 30.5 Å². The minimum atomic E-state index is -0.730. The van der Waals surface area contributed by atoms with E-state index in [1.165, 1.54) is 0 Å². The van der Waals surface area contributed by atoms with Crippen LogP contribution >= 0.6 is 0 Å². The molecule has 1 saturated heterocycles. The molecule has 4 nitrogen and oxygen atoms in total. The van der Waals surface area contributed by atoms with Gasteiger partial charge in [-0.25, -0.2) is 0 Å². The molecule has 0 aliphatic carbocycles. The Kier molecular flexibility index (Phi) is 3.28. The number of hydrogen-bond acceptors (Lipinski definition) is 4. The monoisotopic (exact) mass is 216 g/mol. The number of nitrogens with zero attached hydrogens (tertiary/aromatic N) is 2. The van der Waals surface area contributed by atoms with Crippen LogP contribution in [0.25, 0.3) is 0 Å². The summed E-state index contributed by atoms with van der Waals surface area (Å²) in [4.78, 5) is 15.9. The lowest BCUT2D eigenvalue weighted by Gasteiger charge is -2.12. The molecule has 0 spiro atoms. The molecular formula is C12H12N2O2. The number of aromatic nitrogens is 1. The summed E-state index contributed by atoms with van der Waals surface area (Å²) in [6, 6.07) is 5.43. The van der Waals surface area contributed by atoms with Crippen LogP contribution in [-0.4, -0.2) is 23.5 Å². The zero-order valence-corrected chi connectivity index (χ0v) is 8.80. The van der Waals surface area contributed by atoms with Gasteiger partial charge in [-0.2, -0.15) is 5.26 Å². The van der Waals surface area contributed by atoms with Crippen LogP contribution in [0.3, 0.4) is 0 Å². The smallest absolute Gasteiger partial charge is 0.183 e. The third kappa shape index (κ3) is 2.10. The zero-order chi connectivity index (χ0) is 11.4. The molecule has 82 valence electrons.